The van der Waals surface area contributed by atoms with E-state index in [0.29, 0.717) is 5.56 Å². The number of amides is 1. The van der Waals surface area contributed by atoms with E-state index < -0.39 is 0 Å². The van der Waals surface area contributed by atoms with Crippen LogP contribution >= 0.6 is 0 Å². The van der Waals surface area contributed by atoms with Gasteiger partial charge in [-0.15, -0.1) is 0 Å². The summed E-state index contributed by atoms with van der Waals surface area (Å²) in [6.45, 7) is 0.815. The van der Waals surface area contributed by atoms with Crippen molar-refractivity contribution in [3.8, 4) is 0 Å². The first kappa shape index (κ1) is 12.0. The van der Waals surface area contributed by atoms with Gasteiger partial charge in [-0.2, -0.15) is 0 Å². The van der Waals surface area contributed by atoms with Gasteiger partial charge in [0, 0.05) is 12.1 Å². The third-order valence-corrected chi connectivity index (χ3v) is 5.05. The number of nitrogens with zero attached hydrogens (tertiary/aromatic N) is 2. The van der Waals surface area contributed by atoms with E-state index in [0.717, 1.165) is 29.9 Å². The molecule has 22 heavy (non-hydrogen) atoms. The Morgan fingerprint density at radius 3 is 2.36 bits per heavy atom. The summed E-state index contributed by atoms with van der Waals surface area (Å²) in [5.74, 6) is 0.0578. The molecule has 3 aliphatic heterocycles. The van der Waals surface area contributed by atoms with Crippen molar-refractivity contribution in [3.63, 3.8) is 0 Å². The lowest BCUT2D eigenvalue weighted by molar-refractivity contribution is 0.0874. The van der Waals surface area contributed by atoms with Crippen LogP contribution in [-0.2, 0) is 0 Å². The van der Waals surface area contributed by atoms with Crippen molar-refractivity contribution in [3.05, 3.63) is 59.7 Å². The number of para-hydroxylation sites is 2. The van der Waals surface area contributed by atoms with Crippen LogP contribution in [0.3, 0.4) is 0 Å². The summed E-state index contributed by atoms with van der Waals surface area (Å²) < 4.78 is 0. The topological polar surface area (TPSA) is 40.6 Å². The fourth-order valence-corrected chi connectivity index (χ4v) is 4.12. The summed E-state index contributed by atoms with van der Waals surface area (Å²) in [6, 6.07) is 15.2. The smallest absolute Gasteiger partial charge is 0.262 e. The van der Waals surface area contributed by atoms with Gasteiger partial charge in [-0.3, -0.25) is 14.5 Å². The summed E-state index contributed by atoms with van der Waals surface area (Å²) in [5.41, 5.74) is 3.12. The molecule has 0 N–H and O–H groups in total. The van der Waals surface area contributed by atoms with Crippen molar-refractivity contribution in [2.45, 2.75) is 12.6 Å². The summed E-state index contributed by atoms with van der Waals surface area (Å²) in [5, 5.41) is 0. The average molecular weight is 290 g/mol. The van der Waals surface area contributed by atoms with E-state index in [9.17, 15) is 9.59 Å². The molecule has 0 aromatic heterocycles. The van der Waals surface area contributed by atoms with Gasteiger partial charge < -0.3 is 4.90 Å². The molecule has 0 unspecified atom stereocenters. The number of anilines is 2. The molecule has 0 aliphatic carbocycles. The highest BCUT2D eigenvalue weighted by Crippen LogP contribution is 2.46. The van der Waals surface area contributed by atoms with Crippen LogP contribution in [0.1, 0.15) is 27.1 Å². The zero-order chi connectivity index (χ0) is 14.8. The summed E-state index contributed by atoms with van der Waals surface area (Å²) in [6.07, 6.45) is 0.639. The number of hydrogen-bond acceptors (Lipinski definition) is 3. The number of ketones is 1. The van der Waals surface area contributed by atoms with Gasteiger partial charge in [-0.05, 0) is 30.7 Å². The molecule has 2 aromatic carbocycles. The van der Waals surface area contributed by atoms with Gasteiger partial charge >= 0.3 is 0 Å². The molecular formula is C18H14N2O2. The first-order valence-corrected chi connectivity index (χ1v) is 7.60. The molecule has 0 bridgehead atoms. The van der Waals surface area contributed by atoms with Crippen LogP contribution in [0.2, 0.25) is 0 Å². The lowest BCUT2D eigenvalue weighted by Gasteiger charge is -2.46. The van der Waals surface area contributed by atoms with E-state index in [-0.39, 0.29) is 23.8 Å². The van der Waals surface area contributed by atoms with E-state index >= 15 is 0 Å². The minimum Gasteiger partial charge on any atom is -0.349 e. The molecule has 108 valence electrons. The van der Waals surface area contributed by atoms with Crippen LogP contribution in [0.15, 0.2) is 48.5 Å². The van der Waals surface area contributed by atoms with Gasteiger partial charge in [0.05, 0.1) is 22.9 Å². The van der Waals surface area contributed by atoms with E-state index in [1.807, 2.05) is 53.4 Å². The number of carbonyl (C=O) groups is 2. The molecular weight excluding hydrogens is 276 g/mol. The number of benzene rings is 2. The largest absolute Gasteiger partial charge is 0.349 e. The molecule has 0 saturated carbocycles. The number of hydrogen-bond donors (Lipinski definition) is 0. The predicted octanol–water partition coefficient (Wildman–Crippen LogP) is 2.70. The Bertz CT molecular complexity index is 829. The van der Waals surface area contributed by atoms with Gasteiger partial charge in [0.2, 0.25) is 0 Å². The van der Waals surface area contributed by atoms with Crippen molar-refractivity contribution in [2.75, 3.05) is 16.3 Å². The minimum atomic E-state index is -0.162. The number of carbonyl (C=O) groups excluding carboxylic acids is 2. The molecule has 1 amide bonds. The fraction of sp³-hybridized carbons (Fsp3) is 0.222. The zero-order valence-electron chi connectivity index (χ0n) is 11.9. The monoisotopic (exact) mass is 290 g/mol. The molecule has 2 aromatic rings. The first-order valence-electron chi connectivity index (χ1n) is 7.60. The van der Waals surface area contributed by atoms with Crippen LogP contribution in [0, 0.1) is 5.92 Å². The van der Waals surface area contributed by atoms with Gasteiger partial charge in [-0.1, -0.05) is 24.3 Å². The molecule has 0 spiro atoms. The molecule has 2 atom stereocenters. The maximum absolute atomic E-state index is 13.0. The quantitative estimate of drug-likeness (QED) is 0.749. The Balaban J connectivity index is 1.80. The van der Waals surface area contributed by atoms with Crippen molar-refractivity contribution < 1.29 is 9.59 Å². The highest BCUT2D eigenvalue weighted by Gasteiger charge is 2.52. The Morgan fingerprint density at radius 2 is 1.55 bits per heavy atom. The van der Waals surface area contributed by atoms with Gasteiger partial charge in [0.1, 0.15) is 6.17 Å². The Kier molecular flexibility index (Phi) is 2.16. The third-order valence-electron chi connectivity index (χ3n) is 5.05. The maximum atomic E-state index is 13.0. The predicted molar refractivity (Wildman–Crippen MR) is 83.3 cm³/mol. The fourth-order valence-electron chi connectivity index (χ4n) is 4.12. The second-order valence-electron chi connectivity index (χ2n) is 6.08. The zero-order valence-corrected chi connectivity index (χ0v) is 11.9. The van der Waals surface area contributed by atoms with Gasteiger partial charge in [-0.25, -0.2) is 0 Å². The Labute approximate surface area is 128 Å². The van der Waals surface area contributed by atoms with Gasteiger partial charge in [0.15, 0.2) is 5.78 Å². The normalized spacial score (nSPS) is 24.9. The summed E-state index contributed by atoms with van der Waals surface area (Å²) in [4.78, 5) is 29.9. The molecule has 4 heteroatoms. The number of fused-ring (bicyclic) bond motifs is 4. The summed E-state index contributed by atoms with van der Waals surface area (Å²) in [7, 11) is 0. The van der Waals surface area contributed by atoms with Crippen molar-refractivity contribution in [1.82, 2.24) is 0 Å². The third kappa shape index (κ3) is 1.28. The van der Waals surface area contributed by atoms with E-state index in [4.69, 9.17) is 0 Å². The molecule has 3 aliphatic rings. The van der Waals surface area contributed by atoms with Crippen LogP contribution in [-0.4, -0.2) is 24.4 Å². The van der Waals surface area contributed by atoms with E-state index in [1.165, 1.54) is 0 Å². The van der Waals surface area contributed by atoms with Crippen LogP contribution in [0.5, 0.6) is 0 Å². The molecule has 1 fully saturated rings. The van der Waals surface area contributed by atoms with Crippen LogP contribution in [0.25, 0.3) is 0 Å². The Hall–Kier alpha value is -2.62. The number of Topliss-reactive ketones (excluding diaryl/α,β-unsaturated/α-hetero) is 1. The van der Waals surface area contributed by atoms with E-state index in [1.54, 1.807) is 0 Å². The molecule has 3 heterocycles. The standard InChI is InChI=1S/C18H14N2O2/c21-16-11-5-1-4-8-15(11)20-17-13(16)9-10-19(17)14-7-3-2-6-12(14)18(20)22/h1-8,13,17H,9-10H2/t13-,17+/m0/s1. The first-order chi connectivity index (χ1) is 10.8. The lowest BCUT2D eigenvalue weighted by Crippen LogP contribution is -2.58. The highest BCUT2D eigenvalue weighted by atomic mass is 16.2. The van der Waals surface area contributed by atoms with Gasteiger partial charge in [0.25, 0.3) is 5.91 Å². The van der Waals surface area contributed by atoms with E-state index in [2.05, 4.69) is 4.90 Å². The summed E-state index contributed by atoms with van der Waals surface area (Å²) >= 11 is 0. The molecule has 4 nitrogen and oxygen atoms in total. The van der Waals surface area contributed by atoms with Crippen molar-refractivity contribution in [1.29, 1.82) is 0 Å². The molecule has 0 radical (unpaired) electrons. The van der Waals surface area contributed by atoms with Crippen molar-refractivity contribution in [2.24, 2.45) is 5.92 Å². The SMILES string of the molecule is O=C1c2ccccc2N2C(=O)c3ccccc3N3CC[C@@H]1[C@H]32. The lowest BCUT2D eigenvalue weighted by atomic mass is 9.86. The number of rotatable bonds is 0. The molecule has 1 saturated heterocycles. The van der Waals surface area contributed by atoms with Crippen LogP contribution < -0.4 is 9.80 Å². The molecule has 5 rings (SSSR count). The van der Waals surface area contributed by atoms with Crippen molar-refractivity contribution >= 4 is 23.1 Å². The Morgan fingerprint density at radius 1 is 0.864 bits per heavy atom. The van der Waals surface area contributed by atoms with Crippen LogP contribution in [0.4, 0.5) is 11.4 Å². The second-order valence-corrected chi connectivity index (χ2v) is 6.08. The maximum Gasteiger partial charge on any atom is 0.262 e. The highest BCUT2D eigenvalue weighted by molar-refractivity contribution is 6.18. The second kappa shape index (κ2) is 3.97. The minimum absolute atomic E-state index is 0.00343. The average Bonchev–Trinajstić information content (AvgIpc) is 3.00.